The van der Waals surface area contributed by atoms with Crippen molar-refractivity contribution in [1.29, 1.82) is 0 Å². The molecule has 1 saturated heterocycles. The number of nitrogens with zero attached hydrogens (tertiary/aromatic N) is 1. The molecule has 2 fully saturated rings. The summed E-state index contributed by atoms with van der Waals surface area (Å²) in [6.45, 7) is 3.86. The molecule has 1 aliphatic heterocycles. The van der Waals surface area contributed by atoms with Crippen molar-refractivity contribution < 1.29 is 14.7 Å². The molecule has 5 heteroatoms. The van der Waals surface area contributed by atoms with E-state index in [-0.39, 0.29) is 17.7 Å². The lowest BCUT2D eigenvalue weighted by atomic mass is 9.81. The standard InChI is InChI=1S/C13H21NO3S/c1-9-8-14(6-7-18-9)12(15)10-2-4-11(5-3-10)13(16)17/h9-11H,2-8H2,1H3,(H,16,17). The second-order valence-electron chi connectivity index (χ2n) is 5.35. The van der Waals surface area contributed by atoms with E-state index in [1.807, 2.05) is 16.7 Å². The average molecular weight is 271 g/mol. The Morgan fingerprint density at radius 1 is 1.17 bits per heavy atom. The molecular formula is C13H21NO3S. The highest BCUT2D eigenvalue weighted by molar-refractivity contribution is 7.99. The Kier molecular flexibility index (Phi) is 4.54. The summed E-state index contributed by atoms with van der Waals surface area (Å²) in [5.74, 6) is 0.410. The lowest BCUT2D eigenvalue weighted by Gasteiger charge is -2.35. The van der Waals surface area contributed by atoms with Gasteiger partial charge in [-0.1, -0.05) is 6.92 Å². The maximum atomic E-state index is 12.3. The molecule has 1 atom stereocenters. The van der Waals surface area contributed by atoms with Gasteiger partial charge >= 0.3 is 5.97 Å². The van der Waals surface area contributed by atoms with Gasteiger partial charge in [-0.05, 0) is 25.7 Å². The zero-order chi connectivity index (χ0) is 13.1. The predicted molar refractivity (Wildman–Crippen MR) is 71.6 cm³/mol. The lowest BCUT2D eigenvalue weighted by Crippen LogP contribution is -2.45. The van der Waals surface area contributed by atoms with Crippen LogP contribution in [0.5, 0.6) is 0 Å². The molecular weight excluding hydrogens is 250 g/mol. The first-order valence-electron chi connectivity index (χ1n) is 6.71. The molecule has 1 saturated carbocycles. The van der Waals surface area contributed by atoms with Crippen molar-refractivity contribution in [3.63, 3.8) is 0 Å². The minimum absolute atomic E-state index is 0.0656. The number of carbonyl (C=O) groups excluding carboxylic acids is 1. The second-order valence-corrected chi connectivity index (χ2v) is 6.90. The van der Waals surface area contributed by atoms with Gasteiger partial charge in [-0.3, -0.25) is 9.59 Å². The summed E-state index contributed by atoms with van der Waals surface area (Å²) in [5, 5.41) is 9.47. The fraction of sp³-hybridized carbons (Fsp3) is 0.846. The molecule has 102 valence electrons. The van der Waals surface area contributed by atoms with Crippen LogP contribution < -0.4 is 0 Å². The molecule has 1 unspecified atom stereocenters. The van der Waals surface area contributed by atoms with Gasteiger partial charge < -0.3 is 10.0 Å². The summed E-state index contributed by atoms with van der Waals surface area (Å²) in [5.41, 5.74) is 0. The average Bonchev–Trinajstić information content (AvgIpc) is 2.38. The van der Waals surface area contributed by atoms with Gasteiger partial charge in [0, 0.05) is 30.0 Å². The number of carbonyl (C=O) groups is 2. The van der Waals surface area contributed by atoms with Gasteiger partial charge in [0.05, 0.1) is 5.92 Å². The molecule has 0 spiro atoms. The Labute approximate surface area is 112 Å². The number of hydrogen-bond acceptors (Lipinski definition) is 3. The van der Waals surface area contributed by atoms with Crippen LogP contribution in [-0.4, -0.2) is 46.0 Å². The van der Waals surface area contributed by atoms with Crippen LogP contribution in [0.2, 0.25) is 0 Å². The summed E-state index contributed by atoms with van der Waals surface area (Å²) in [6, 6.07) is 0. The highest BCUT2D eigenvalue weighted by atomic mass is 32.2. The fourth-order valence-corrected chi connectivity index (χ4v) is 3.88. The summed E-state index contributed by atoms with van der Waals surface area (Å²) in [7, 11) is 0. The maximum Gasteiger partial charge on any atom is 0.306 e. The Morgan fingerprint density at radius 3 is 2.33 bits per heavy atom. The SMILES string of the molecule is CC1CN(C(=O)C2CCC(C(=O)O)CC2)CCS1. The molecule has 4 nitrogen and oxygen atoms in total. The van der Waals surface area contributed by atoms with E-state index in [0.717, 1.165) is 31.7 Å². The summed E-state index contributed by atoms with van der Waals surface area (Å²) < 4.78 is 0. The van der Waals surface area contributed by atoms with Crippen molar-refractivity contribution in [2.24, 2.45) is 11.8 Å². The van der Waals surface area contributed by atoms with Crippen LogP contribution in [-0.2, 0) is 9.59 Å². The number of amides is 1. The van der Waals surface area contributed by atoms with Gasteiger partial charge in [-0.25, -0.2) is 0 Å². The van der Waals surface area contributed by atoms with Crippen molar-refractivity contribution in [2.75, 3.05) is 18.8 Å². The number of thioether (sulfide) groups is 1. The van der Waals surface area contributed by atoms with Crippen molar-refractivity contribution >= 4 is 23.6 Å². The van der Waals surface area contributed by atoms with Crippen LogP contribution in [0.25, 0.3) is 0 Å². The zero-order valence-electron chi connectivity index (χ0n) is 10.8. The zero-order valence-corrected chi connectivity index (χ0v) is 11.6. The number of hydrogen-bond donors (Lipinski definition) is 1. The van der Waals surface area contributed by atoms with E-state index in [1.165, 1.54) is 0 Å². The summed E-state index contributed by atoms with van der Waals surface area (Å²) in [6.07, 6.45) is 2.80. The molecule has 2 rings (SSSR count). The third kappa shape index (κ3) is 3.19. The first-order valence-corrected chi connectivity index (χ1v) is 7.76. The first kappa shape index (κ1) is 13.7. The van der Waals surface area contributed by atoms with E-state index in [1.54, 1.807) is 0 Å². The number of rotatable bonds is 2. The molecule has 1 N–H and O–H groups in total. The van der Waals surface area contributed by atoms with Gasteiger partial charge in [-0.15, -0.1) is 0 Å². The van der Waals surface area contributed by atoms with Crippen LogP contribution in [0.3, 0.4) is 0 Å². The highest BCUT2D eigenvalue weighted by Crippen LogP contribution is 2.31. The smallest absolute Gasteiger partial charge is 0.306 e. The largest absolute Gasteiger partial charge is 0.481 e. The molecule has 0 radical (unpaired) electrons. The number of aliphatic carboxylic acids is 1. The quantitative estimate of drug-likeness (QED) is 0.832. The third-order valence-electron chi connectivity index (χ3n) is 3.98. The van der Waals surface area contributed by atoms with Crippen molar-refractivity contribution in [1.82, 2.24) is 4.90 Å². The van der Waals surface area contributed by atoms with Crippen molar-refractivity contribution in [2.45, 2.75) is 37.9 Å². The lowest BCUT2D eigenvalue weighted by molar-refractivity contribution is -0.145. The molecule has 0 bridgehead atoms. The van der Waals surface area contributed by atoms with Gasteiger partial charge in [0.25, 0.3) is 0 Å². The van der Waals surface area contributed by atoms with E-state index in [0.29, 0.717) is 18.1 Å². The molecule has 1 heterocycles. The second kappa shape index (κ2) is 5.95. The summed E-state index contributed by atoms with van der Waals surface area (Å²) in [4.78, 5) is 25.2. The topological polar surface area (TPSA) is 57.6 Å². The fourth-order valence-electron chi connectivity index (χ4n) is 2.86. The highest BCUT2D eigenvalue weighted by Gasteiger charge is 2.33. The van der Waals surface area contributed by atoms with Gasteiger partial charge in [0.15, 0.2) is 0 Å². The Hall–Kier alpha value is -0.710. The van der Waals surface area contributed by atoms with Crippen LogP contribution >= 0.6 is 11.8 Å². The molecule has 0 aromatic heterocycles. The van der Waals surface area contributed by atoms with E-state index in [9.17, 15) is 9.59 Å². The monoisotopic (exact) mass is 271 g/mol. The van der Waals surface area contributed by atoms with Crippen LogP contribution in [0.1, 0.15) is 32.6 Å². The van der Waals surface area contributed by atoms with Crippen molar-refractivity contribution in [3.05, 3.63) is 0 Å². The van der Waals surface area contributed by atoms with E-state index >= 15 is 0 Å². The van der Waals surface area contributed by atoms with E-state index in [4.69, 9.17) is 5.11 Å². The predicted octanol–water partition coefficient (Wildman–Crippen LogP) is 1.84. The number of carboxylic acids is 1. The van der Waals surface area contributed by atoms with Gasteiger partial charge in [0.2, 0.25) is 5.91 Å². The number of carboxylic acid groups (broad SMARTS) is 1. The van der Waals surface area contributed by atoms with Crippen LogP contribution in [0, 0.1) is 11.8 Å². The summed E-state index contributed by atoms with van der Waals surface area (Å²) >= 11 is 1.92. The van der Waals surface area contributed by atoms with Gasteiger partial charge in [0.1, 0.15) is 0 Å². The first-order chi connectivity index (χ1) is 8.58. The molecule has 18 heavy (non-hydrogen) atoms. The minimum atomic E-state index is -0.705. The molecule has 2 aliphatic rings. The normalized spacial score (nSPS) is 33.2. The maximum absolute atomic E-state index is 12.3. The van der Waals surface area contributed by atoms with E-state index in [2.05, 4.69) is 6.92 Å². The molecule has 0 aromatic carbocycles. The Morgan fingerprint density at radius 2 is 1.78 bits per heavy atom. The Balaban J connectivity index is 1.85. The molecule has 1 aliphatic carbocycles. The van der Waals surface area contributed by atoms with Crippen LogP contribution in [0.4, 0.5) is 0 Å². The third-order valence-corrected chi connectivity index (χ3v) is 5.11. The molecule has 0 aromatic rings. The van der Waals surface area contributed by atoms with Gasteiger partial charge in [-0.2, -0.15) is 11.8 Å². The minimum Gasteiger partial charge on any atom is -0.481 e. The molecule has 1 amide bonds. The van der Waals surface area contributed by atoms with E-state index < -0.39 is 5.97 Å². The van der Waals surface area contributed by atoms with Crippen LogP contribution in [0.15, 0.2) is 0 Å². The Bertz CT molecular complexity index is 326. The van der Waals surface area contributed by atoms with Crippen molar-refractivity contribution in [3.8, 4) is 0 Å².